The van der Waals surface area contributed by atoms with Crippen molar-refractivity contribution in [2.24, 2.45) is 0 Å². The molecule has 1 N–H and O–H groups in total. The van der Waals surface area contributed by atoms with E-state index >= 15 is 0 Å². The molecule has 0 atom stereocenters. The van der Waals surface area contributed by atoms with Crippen LogP contribution in [0.4, 0.5) is 0 Å². The van der Waals surface area contributed by atoms with Gasteiger partial charge in [-0.3, -0.25) is 0 Å². The van der Waals surface area contributed by atoms with Gasteiger partial charge in [-0.15, -0.1) is 0 Å². The Morgan fingerprint density at radius 1 is 1.38 bits per heavy atom. The smallest absolute Gasteiger partial charge is 0.244 e. The molecule has 1 aromatic carbocycles. The number of benzene rings is 1. The van der Waals surface area contributed by atoms with Crippen LogP contribution in [0.1, 0.15) is 18.4 Å². The molecule has 1 saturated heterocycles. The first-order valence-electron chi connectivity index (χ1n) is 6.95. The zero-order chi connectivity index (χ0) is 15.5. The molecule has 7 heteroatoms. The van der Waals surface area contributed by atoms with E-state index in [4.69, 9.17) is 4.74 Å². The summed E-state index contributed by atoms with van der Waals surface area (Å²) in [5.74, 6) is 0. The topological polar surface area (TPSA) is 58.6 Å². The van der Waals surface area contributed by atoms with Crippen molar-refractivity contribution in [3.8, 4) is 0 Å². The highest BCUT2D eigenvalue weighted by Gasteiger charge is 2.30. The predicted octanol–water partition coefficient (Wildman–Crippen LogP) is 1.97. The van der Waals surface area contributed by atoms with Crippen molar-refractivity contribution in [3.63, 3.8) is 0 Å². The predicted molar refractivity (Wildman–Crippen MR) is 85.7 cm³/mol. The second-order valence-corrected chi connectivity index (χ2v) is 7.89. The van der Waals surface area contributed by atoms with Crippen molar-refractivity contribution < 1.29 is 13.2 Å². The lowest BCUT2D eigenvalue weighted by atomic mass is 10.1. The van der Waals surface area contributed by atoms with E-state index in [-0.39, 0.29) is 6.10 Å². The molecule has 1 fully saturated rings. The molecular formula is C14H21BrN2O3S. The maximum atomic E-state index is 12.8. The molecule has 2 rings (SSSR count). The number of sulfonamides is 1. The van der Waals surface area contributed by atoms with E-state index in [1.165, 1.54) is 0 Å². The summed E-state index contributed by atoms with van der Waals surface area (Å²) < 4.78 is 33.0. The molecule has 1 aliphatic rings. The SMILES string of the molecule is CNCc1ccc(Br)c(S(=O)(=O)N2CCC(OC)CC2)c1. The summed E-state index contributed by atoms with van der Waals surface area (Å²) in [4.78, 5) is 0.339. The van der Waals surface area contributed by atoms with Crippen LogP contribution in [0, 0.1) is 0 Å². The van der Waals surface area contributed by atoms with Crippen LogP contribution in [0.5, 0.6) is 0 Å². The van der Waals surface area contributed by atoms with Crippen molar-refractivity contribution in [2.75, 3.05) is 27.2 Å². The zero-order valence-electron chi connectivity index (χ0n) is 12.3. The minimum absolute atomic E-state index is 0.163. The van der Waals surface area contributed by atoms with Gasteiger partial charge in [-0.25, -0.2) is 8.42 Å². The molecule has 5 nitrogen and oxygen atoms in total. The Balaban J connectivity index is 2.25. The maximum absolute atomic E-state index is 12.8. The summed E-state index contributed by atoms with van der Waals surface area (Å²) in [6.07, 6.45) is 1.64. The molecule has 0 aromatic heterocycles. The number of rotatable bonds is 5. The molecule has 1 aliphatic heterocycles. The van der Waals surface area contributed by atoms with Crippen LogP contribution in [-0.2, 0) is 21.3 Å². The molecule has 0 radical (unpaired) electrons. The van der Waals surface area contributed by atoms with Gasteiger partial charge in [0.1, 0.15) is 0 Å². The Morgan fingerprint density at radius 2 is 2.05 bits per heavy atom. The van der Waals surface area contributed by atoms with E-state index in [2.05, 4.69) is 21.2 Å². The summed E-state index contributed by atoms with van der Waals surface area (Å²) in [7, 11) is 0.0502. The highest BCUT2D eigenvalue weighted by Crippen LogP contribution is 2.28. The van der Waals surface area contributed by atoms with Gasteiger partial charge in [-0.05, 0) is 53.5 Å². The van der Waals surface area contributed by atoms with E-state index < -0.39 is 10.0 Å². The molecule has 1 aromatic rings. The lowest BCUT2D eigenvalue weighted by Gasteiger charge is -2.30. The number of methoxy groups -OCH3 is 1. The highest BCUT2D eigenvalue weighted by molar-refractivity contribution is 9.10. The zero-order valence-corrected chi connectivity index (χ0v) is 14.7. The van der Waals surface area contributed by atoms with Gasteiger partial charge in [0.05, 0.1) is 11.0 Å². The number of ether oxygens (including phenoxy) is 1. The molecule has 0 spiro atoms. The number of hydrogen-bond donors (Lipinski definition) is 1. The normalized spacial score (nSPS) is 18.0. The van der Waals surface area contributed by atoms with E-state index in [1.54, 1.807) is 23.5 Å². The second-order valence-electron chi connectivity index (χ2n) is 5.13. The fourth-order valence-electron chi connectivity index (χ4n) is 2.51. The first-order chi connectivity index (χ1) is 9.98. The van der Waals surface area contributed by atoms with Crippen LogP contribution in [0.3, 0.4) is 0 Å². The van der Waals surface area contributed by atoms with Crippen LogP contribution < -0.4 is 5.32 Å². The van der Waals surface area contributed by atoms with Crippen LogP contribution in [-0.4, -0.2) is 46.1 Å². The highest BCUT2D eigenvalue weighted by atomic mass is 79.9. The summed E-state index contributed by atoms with van der Waals surface area (Å²) >= 11 is 3.36. The van der Waals surface area contributed by atoms with Crippen LogP contribution in [0.2, 0.25) is 0 Å². The van der Waals surface area contributed by atoms with Gasteiger partial charge in [-0.2, -0.15) is 4.31 Å². The molecule has 0 amide bonds. The van der Waals surface area contributed by atoms with Crippen molar-refractivity contribution in [1.82, 2.24) is 9.62 Å². The quantitative estimate of drug-likeness (QED) is 0.853. The Kier molecular flexibility index (Phi) is 5.79. The average Bonchev–Trinajstić information content (AvgIpc) is 2.49. The summed E-state index contributed by atoms with van der Waals surface area (Å²) in [5.41, 5.74) is 0.950. The number of hydrogen-bond acceptors (Lipinski definition) is 4. The van der Waals surface area contributed by atoms with E-state index in [1.807, 2.05) is 13.1 Å². The molecule has 0 bridgehead atoms. The lowest BCUT2D eigenvalue weighted by Crippen LogP contribution is -2.40. The van der Waals surface area contributed by atoms with Gasteiger partial charge in [0.25, 0.3) is 0 Å². The molecule has 118 valence electrons. The van der Waals surface area contributed by atoms with Gasteiger partial charge in [0, 0.05) is 31.2 Å². The Labute approximate surface area is 134 Å². The summed E-state index contributed by atoms with van der Waals surface area (Å²) in [5, 5.41) is 3.03. The fourth-order valence-corrected chi connectivity index (χ4v) is 4.95. The summed E-state index contributed by atoms with van der Waals surface area (Å²) in [6.45, 7) is 1.65. The first kappa shape index (κ1) is 16.9. The van der Waals surface area contributed by atoms with Gasteiger partial charge < -0.3 is 10.1 Å². The Hall–Kier alpha value is -0.470. The number of nitrogens with zero attached hydrogens (tertiary/aromatic N) is 1. The third-order valence-corrected chi connectivity index (χ3v) is 6.62. The van der Waals surface area contributed by atoms with Crippen LogP contribution >= 0.6 is 15.9 Å². The number of nitrogens with one attached hydrogen (secondary N) is 1. The summed E-state index contributed by atoms with van der Waals surface area (Å²) in [6, 6.07) is 5.44. The second kappa shape index (κ2) is 7.19. The standard InChI is InChI=1S/C14H21BrN2O3S/c1-16-10-11-3-4-13(15)14(9-11)21(18,19)17-7-5-12(20-2)6-8-17/h3-4,9,12,16H,5-8,10H2,1-2H3. The van der Waals surface area contributed by atoms with Crippen molar-refractivity contribution in [1.29, 1.82) is 0 Å². The van der Waals surface area contributed by atoms with E-state index in [0.717, 1.165) is 18.4 Å². The van der Waals surface area contributed by atoms with E-state index in [9.17, 15) is 8.42 Å². The van der Waals surface area contributed by atoms with Gasteiger partial charge in [0.15, 0.2) is 0 Å². The van der Waals surface area contributed by atoms with Crippen LogP contribution in [0.15, 0.2) is 27.6 Å². The number of halogens is 1. The average molecular weight is 377 g/mol. The van der Waals surface area contributed by atoms with Crippen LogP contribution in [0.25, 0.3) is 0 Å². The van der Waals surface area contributed by atoms with Crippen molar-refractivity contribution in [3.05, 3.63) is 28.2 Å². The minimum atomic E-state index is -3.46. The third kappa shape index (κ3) is 3.84. The van der Waals surface area contributed by atoms with Gasteiger partial charge >= 0.3 is 0 Å². The number of piperidine rings is 1. The van der Waals surface area contributed by atoms with Crippen molar-refractivity contribution >= 4 is 26.0 Å². The van der Waals surface area contributed by atoms with Gasteiger partial charge in [0.2, 0.25) is 10.0 Å². The van der Waals surface area contributed by atoms with Gasteiger partial charge in [-0.1, -0.05) is 6.07 Å². The molecule has 0 aliphatic carbocycles. The Bertz CT molecular complexity index is 584. The minimum Gasteiger partial charge on any atom is -0.381 e. The van der Waals surface area contributed by atoms with Crippen molar-refractivity contribution in [2.45, 2.75) is 30.4 Å². The fraction of sp³-hybridized carbons (Fsp3) is 0.571. The maximum Gasteiger partial charge on any atom is 0.244 e. The lowest BCUT2D eigenvalue weighted by molar-refractivity contribution is 0.0604. The molecule has 1 heterocycles. The Morgan fingerprint density at radius 3 is 2.62 bits per heavy atom. The molecular weight excluding hydrogens is 356 g/mol. The van der Waals surface area contributed by atoms with E-state index in [0.29, 0.717) is 29.0 Å². The monoisotopic (exact) mass is 376 g/mol. The molecule has 0 saturated carbocycles. The first-order valence-corrected chi connectivity index (χ1v) is 9.18. The third-order valence-electron chi connectivity index (χ3n) is 3.73. The molecule has 0 unspecified atom stereocenters. The largest absolute Gasteiger partial charge is 0.381 e. The molecule has 21 heavy (non-hydrogen) atoms.